The van der Waals surface area contributed by atoms with Gasteiger partial charge < -0.3 is 4.74 Å². The van der Waals surface area contributed by atoms with Gasteiger partial charge in [0, 0.05) is 30.4 Å². The van der Waals surface area contributed by atoms with E-state index in [1.807, 2.05) is 18.5 Å². The SMILES string of the molecule is NNC(CC1CCCCO1)c1cccc2ccncc12. The Balaban J connectivity index is 1.86. The number of ether oxygens (including phenoxy) is 1. The molecule has 3 rings (SSSR count). The van der Waals surface area contributed by atoms with Crippen LogP contribution in [0.25, 0.3) is 10.8 Å². The van der Waals surface area contributed by atoms with Crippen LogP contribution < -0.4 is 11.3 Å². The minimum atomic E-state index is 0.103. The Morgan fingerprint density at radius 2 is 2.30 bits per heavy atom. The summed E-state index contributed by atoms with van der Waals surface area (Å²) in [4.78, 5) is 4.24. The van der Waals surface area contributed by atoms with E-state index in [9.17, 15) is 0 Å². The number of rotatable bonds is 4. The molecule has 1 aliphatic heterocycles. The van der Waals surface area contributed by atoms with Crippen molar-refractivity contribution in [2.75, 3.05) is 6.61 Å². The van der Waals surface area contributed by atoms with Gasteiger partial charge in [-0.25, -0.2) is 0 Å². The number of benzene rings is 1. The third-order valence-corrected chi connectivity index (χ3v) is 4.07. The predicted octanol–water partition coefficient (Wildman–Crippen LogP) is 2.70. The number of aromatic nitrogens is 1. The number of hydrogen-bond acceptors (Lipinski definition) is 4. The van der Waals surface area contributed by atoms with E-state index in [-0.39, 0.29) is 6.04 Å². The van der Waals surface area contributed by atoms with E-state index in [0.29, 0.717) is 6.10 Å². The fourth-order valence-corrected chi connectivity index (χ4v) is 2.98. The van der Waals surface area contributed by atoms with Gasteiger partial charge in [-0.1, -0.05) is 18.2 Å². The average Bonchev–Trinajstić information content (AvgIpc) is 2.53. The summed E-state index contributed by atoms with van der Waals surface area (Å²) in [6.07, 6.45) is 8.50. The van der Waals surface area contributed by atoms with Gasteiger partial charge in [0.25, 0.3) is 0 Å². The molecule has 0 spiro atoms. The van der Waals surface area contributed by atoms with Crippen LogP contribution in [0.1, 0.15) is 37.3 Å². The van der Waals surface area contributed by atoms with Gasteiger partial charge in [0.1, 0.15) is 0 Å². The average molecular weight is 271 g/mol. The number of hydrogen-bond donors (Lipinski definition) is 2. The molecule has 0 amide bonds. The van der Waals surface area contributed by atoms with Crippen molar-refractivity contribution in [2.24, 2.45) is 5.84 Å². The molecule has 0 aliphatic carbocycles. The van der Waals surface area contributed by atoms with E-state index < -0.39 is 0 Å². The third-order valence-electron chi connectivity index (χ3n) is 4.07. The number of hydrazine groups is 1. The fraction of sp³-hybridized carbons (Fsp3) is 0.438. The highest BCUT2D eigenvalue weighted by Gasteiger charge is 2.21. The molecule has 2 atom stereocenters. The molecule has 4 nitrogen and oxygen atoms in total. The van der Waals surface area contributed by atoms with Gasteiger partial charge >= 0.3 is 0 Å². The van der Waals surface area contributed by atoms with Crippen molar-refractivity contribution in [3.05, 3.63) is 42.2 Å². The van der Waals surface area contributed by atoms with Crippen molar-refractivity contribution < 1.29 is 4.74 Å². The highest BCUT2D eigenvalue weighted by molar-refractivity contribution is 5.85. The largest absolute Gasteiger partial charge is 0.378 e. The van der Waals surface area contributed by atoms with Gasteiger partial charge in [-0.2, -0.15) is 0 Å². The topological polar surface area (TPSA) is 60.2 Å². The summed E-state index contributed by atoms with van der Waals surface area (Å²) < 4.78 is 5.83. The first-order valence-electron chi connectivity index (χ1n) is 7.29. The molecule has 1 saturated heterocycles. The fourth-order valence-electron chi connectivity index (χ4n) is 2.98. The summed E-state index contributed by atoms with van der Waals surface area (Å²) in [6.45, 7) is 0.874. The number of nitrogens with one attached hydrogen (secondary N) is 1. The van der Waals surface area contributed by atoms with Crippen LogP contribution in [0.15, 0.2) is 36.7 Å². The first-order chi connectivity index (χ1) is 9.88. The van der Waals surface area contributed by atoms with Gasteiger partial charge in [-0.05, 0) is 42.7 Å². The second kappa shape index (κ2) is 6.31. The monoisotopic (exact) mass is 271 g/mol. The molecule has 1 aromatic carbocycles. The zero-order valence-corrected chi connectivity index (χ0v) is 11.6. The number of nitrogens with two attached hydrogens (primary N) is 1. The van der Waals surface area contributed by atoms with Crippen LogP contribution in [0.2, 0.25) is 0 Å². The van der Waals surface area contributed by atoms with E-state index >= 15 is 0 Å². The molecule has 2 aromatic rings. The second-order valence-corrected chi connectivity index (χ2v) is 5.39. The Labute approximate surface area is 119 Å². The van der Waals surface area contributed by atoms with E-state index in [4.69, 9.17) is 10.6 Å². The number of nitrogens with zero attached hydrogens (tertiary/aromatic N) is 1. The maximum atomic E-state index is 5.83. The molecule has 106 valence electrons. The van der Waals surface area contributed by atoms with Crippen molar-refractivity contribution in [3.8, 4) is 0 Å². The zero-order chi connectivity index (χ0) is 13.8. The summed E-state index contributed by atoms with van der Waals surface area (Å²) >= 11 is 0. The molecule has 0 radical (unpaired) electrons. The van der Waals surface area contributed by atoms with Gasteiger partial charge in [-0.3, -0.25) is 16.3 Å². The standard InChI is InChI=1S/C16H21N3O/c17-19-16(10-13-5-1-2-9-20-13)14-6-3-4-12-7-8-18-11-15(12)14/h3-4,6-8,11,13,16,19H,1-2,5,9-10,17H2. The molecular formula is C16H21N3O. The maximum absolute atomic E-state index is 5.83. The summed E-state index contributed by atoms with van der Waals surface area (Å²) in [6, 6.07) is 8.43. The first kappa shape index (κ1) is 13.5. The summed E-state index contributed by atoms with van der Waals surface area (Å²) in [5.41, 5.74) is 4.15. The normalized spacial score (nSPS) is 20.9. The molecule has 1 fully saturated rings. The molecule has 4 heteroatoms. The smallest absolute Gasteiger partial charge is 0.0593 e. The lowest BCUT2D eigenvalue weighted by Crippen LogP contribution is -2.33. The Morgan fingerprint density at radius 3 is 3.10 bits per heavy atom. The van der Waals surface area contributed by atoms with Crippen LogP contribution in [-0.2, 0) is 4.74 Å². The van der Waals surface area contributed by atoms with Crippen molar-refractivity contribution >= 4 is 10.8 Å². The molecule has 0 bridgehead atoms. The molecule has 2 unspecified atom stereocenters. The maximum Gasteiger partial charge on any atom is 0.0593 e. The highest BCUT2D eigenvalue weighted by Crippen LogP contribution is 2.29. The second-order valence-electron chi connectivity index (χ2n) is 5.39. The quantitative estimate of drug-likeness (QED) is 0.663. The summed E-state index contributed by atoms with van der Waals surface area (Å²) in [5.74, 6) is 5.79. The molecule has 3 N–H and O–H groups in total. The Morgan fingerprint density at radius 1 is 1.35 bits per heavy atom. The van der Waals surface area contributed by atoms with E-state index in [2.05, 4.69) is 28.6 Å². The van der Waals surface area contributed by atoms with E-state index in [1.165, 1.54) is 23.8 Å². The molecule has 1 aromatic heterocycles. The van der Waals surface area contributed by atoms with Crippen LogP contribution in [0.3, 0.4) is 0 Å². The molecule has 1 aliphatic rings. The lowest BCUT2D eigenvalue weighted by Gasteiger charge is -2.27. The van der Waals surface area contributed by atoms with E-state index in [1.54, 1.807) is 0 Å². The Kier molecular flexibility index (Phi) is 4.25. The van der Waals surface area contributed by atoms with Crippen molar-refractivity contribution in [1.82, 2.24) is 10.4 Å². The van der Waals surface area contributed by atoms with Gasteiger partial charge in [0.05, 0.1) is 6.10 Å². The van der Waals surface area contributed by atoms with E-state index in [0.717, 1.165) is 24.8 Å². The number of fused-ring (bicyclic) bond motifs is 1. The van der Waals surface area contributed by atoms with Crippen LogP contribution in [0, 0.1) is 0 Å². The number of pyridine rings is 1. The van der Waals surface area contributed by atoms with Gasteiger partial charge in [-0.15, -0.1) is 0 Å². The third kappa shape index (κ3) is 2.82. The van der Waals surface area contributed by atoms with Crippen molar-refractivity contribution in [2.45, 2.75) is 37.8 Å². The van der Waals surface area contributed by atoms with Gasteiger partial charge in [0.15, 0.2) is 0 Å². The lowest BCUT2D eigenvalue weighted by molar-refractivity contribution is 0.00511. The Hall–Kier alpha value is -1.49. The van der Waals surface area contributed by atoms with Crippen LogP contribution >= 0.6 is 0 Å². The predicted molar refractivity (Wildman–Crippen MR) is 80.0 cm³/mol. The lowest BCUT2D eigenvalue weighted by atomic mass is 9.94. The highest BCUT2D eigenvalue weighted by atomic mass is 16.5. The molecule has 2 heterocycles. The first-order valence-corrected chi connectivity index (χ1v) is 7.29. The molecule has 0 saturated carbocycles. The Bertz CT molecular complexity index is 561. The van der Waals surface area contributed by atoms with Crippen LogP contribution in [0.4, 0.5) is 0 Å². The van der Waals surface area contributed by atoms with Crippen LogP contribution in [-0.4, -0.2) is 17.7 Å². The zero-order valence-electron chi connectivity index (χ0n) is 11.6. The minimum absolute atomic E-state index is 0.103. The van der Waals surface area contributed by atoms with Gasteiger partial charge in [0.2, 0.25) is 0 Å². The van der Waals surface area contributed by atoms with Crippen molar-refractivity contribution in [1.29, 1.82) is 0 Å². The summed E-state index contributed by atoms with van der Waals surface area (Å²) in [5, 5.41) is 2.36. The summed E-state index contributed by atoms with van der Waals surface area (Å²) in [7, 11) is 0. The minimum Gasteiger partial charge on any atom is -0.378 e. The molecular weight excluding hydrogens is 250 g/mol. The molecule has 20 heavy (non-hydrogen) atoms. The van der Waals surface area contributed by atoms with Crippen molar-refractivity contribution in [3.63, 3.8) is 0 Å². The van der Waals surface area contributed by atoms with Crippen LogP contribution in [0.5, 0.6) is 0 Å².